The lowest BCUT2D eigenvalue weighted by Gasteiger charge is -2.00. The molecule has 0 aliphatic heterocycles. The zero-order valence-electron chi connectivity index (χ0n) is 9.66. The molecule has 5 heteroatoms. The van der Waals surface area contributed by atoms with Gasteiger partial charge < -0.3 is 14.5 Å². The van der Waals surface area contributed by atoms with Gasteiger partial charge in [-0.25, -0.2) is 4.98 Å². The lowest BCUT2D eigenvalue weighted by atomic mass is 10.2. The number of oxazole rings is 1. The third-order valence-electron chi connectivity index (χ3n) is 2.07. The maximum atomic E-state index is 9.57. The molecule has 1 aromatic carbocycles. The van der Waals surface area contributed by atoms with E-state index in [9.17, 15) is 5.11 Å². The Bertz CT molecular complexity index is 518. The fourth-order valence-corrected chi connectivity index (χ4v) is 1.28. The van der Waals surface area contributed by atoms with Crippen molar-refractivity contribution in [3.05, 3.63) is 36.0 Å². The third-order valence-corrected chi connectivity index (χ3v) is 2.07. The van der Waals surface area contributed by atoms with Crippen molar-refractivity contribution in [3.63, 3.8) is 0 Å². The number of aromatic nitrogens is 1. The summed E-state index contributed by atoms with van der Waals surface area (Å²) < 4.78 is 5.17. The van der Waals surface area contributed by atoms with Crippen molar-refractivity contribution in [1.82, 2.24) is 9.99 Å². The van der Waals surface area contributed by atoms with E-state index in [0.29, 0.717) is 11.6 Å². The molecule has 1 aromatic heterocycles. The first kappa shape index (κ1) is 11.2. The number of nitrogens with zero attached hydrogens (tertiary/aromatic N) is 3. The Kier molecular flexibility index (Phi) is 3.09. The van der Waals surface area contributed by atoms with E-state index < -0.39 is 0 Å². The monoisotopic (exact) mass is 231 g/mol. The van der Waals surface area contributed by atoms with E-state index in [1.807, 2.05) is 30.3 Å². The molecule has 0 unspecified atom stereocenters. The molecule has 2 aromatic rings. The SMILES string of the molecule is CN(C)N=Cc1nc(-c2ccccc2)oc1O. The van der Waals surface area contributed by atoms with E-state index in [4.69, 9.17) is 4.42 Å². The highest BCUT2D eigenvalue weighted by molar-refractivity contribution is 5.80. The van der Waals surface area contributed by atoms with E-state index >= 15 is 0 Å². The molecule has 0 saturated heterocycles. The third kappa shape index (κ3) is 2.63. The predicted molar refractivity (Wildman–Crippen MR) is 64.9 cm³/mol. The molecule has 0 bridgehead atoms. The van der Waals surface area contributed by atoms with E-state index in [1.54, 1.807) is 19.1 Å². The summed E-state index contributed by atoms with van der Waals surface area (Å²) in [6.45, 7) is 0. The van der Waals surface area contributed by atoms with Gasteiger partial charge in [-0.3, -0.25) is 0 Å². The Morgan fingerprint density at radius 2 is 2.00 bits per heavy atom. The van der Waals surface area contributed by atoms with Gasteiger partial charge in [0.2, 0.25) is 5.89 Å². The summed E-state index contributed by atoms with van der Waals surface area (Å²) in [5.74, 6) is 0.151. The van der Waals surface area contributed by atoms with E-state index in [-0.39, 0.29) is 5.95 Å². The van der Waals surface area contributed by atoms with Crippen molar-refractivity contribution in [1.29, 1.82) is 0 Å². The van der Waals surface area contributed by atoms with Crippen LogP contribution in [0.1, 0.15) is 5.69 Å². The van der Waals surface area contributed by atoms with Crippen LogP contribution in [0.2, 0.25) is 0 Å². The lowest BCUT2D eigenvalue weighted by molar-refractivity contribution is 0.336. The van der Waals surface area contributed by atoms with Gasteiger partial charge >= 0.3 is 5.95 Å². The minimum Gasteiger partial charge on any atom is -0.479 e. The van der Waals surface area contributed by atoms with E-state index in [2.05, 4.69) is 10.1 Å². The summed E-state index contributed by atoms with van der Waals surface area (Å²) in [6.07, 6.45) is 1.45. The van der Waals surface area contributed by atoms with E-state index in [0.717, 1.165) is 5.56 Å². The molecular formula is C12H13N3O2. The van der Waals surface area contributed by atoms with Crippen molar-refractivity contribution < 1.29 is 9.52 Å². The molecule has 1 heterocycles. The van der Waals surface area contributed by atoms with Crippen LogP contribution in [-0.4, -0.2) is 35.4 Å². The second-order valence-corrected chi connectivity index (χ2v) is 3.67. The smallest absolute Gasteiger partial charge is 0.312 e. The van der Waals surface area contributed by atoms with Crippen LogP contribution in [0.15, 0.2) is 39.9 Å². The summed E-state index contributed by atoms with van der Waals surface area (Å²) in [5, 5.41) is 15.2. The molecule has 0 radical (unpaired) electrons. The maximum absolute atomic E-state index is 9.57. The Morgan fingerprint density at radius 3 is 2.65 bits per heavy atom. The fraction of sp³-hybridized carbons (Fsp3) is 0.167. The normalized spacial score (nSPS) is 10.9. The average Bonchev–Trinajstić information content (AvgIpc) is 2.69. The van der Waals surface area contributed by atoms with Crippen LogP contribution in [0.5, 0.6) is 5.95 Å². The van der Waals surface area contributed by atoms with Gasteiger partial charge in [-0.15, -0.1) is 0 Å². The molecule has 17 heavy (non-hydrogen) atoms. The second kappa shape index (κ2) is 4.69. The minimum atomic E-state index is -0.227. The van der Waals surface area contributed by atoms with Crippen molar-refractivity contribution in [2.45, 2.75) is 0 Å². The highest BCUT2D eigenvalue weighted by Crippen LogP contribution is 2.24. The minimum absolute atomic E-state index is 0.227. The van der Waals surface area contributed by atoms with Crippen molar-refractivity contribution in [2.75, 3.05) is 14.1 Å². The van der Waals surface area contributed by atoms with Crippen LogP contribution < -0.4 is 0 Å². The number of hydrogen-bond acceptors (Lipinski definition) is 5. The Labute approximate surface area is 99.0 Å². The van der Waals surface area contributed by atoms with Crippen molar-refractivity contribution in [2.24, 2.45) is 5.10 Å². The van der Waals surface area contributed by atoms with Crippen LogP contribution >= 0.6 is 0 Å². The Morgan fingerprint density at radius 1 is 1.29 bits per heavy atom. The molecule has 0 aliphatic rings. The first-order valence-electron chi connectivity index (χ1n) is 5.13. The molecule has 0 spiro atoms. The molecule has 5 nitrogen and oxygen atoms in total. The molecule has 0 saturated carbocycles. The first-order chi connectivity index (χ1) is 8.16. The van der Waals surface area contributed by atoms with Gasteiger partial charge in [-0.1, -0.05) is 18.2 Å². The average molecular weight is 231 g/mol. The lowest BCUT2D eigenvalue weighted by Crippen LogP contribution is -2.02. The molecule has 2 rings (SSSR count). The molecule has 0 amide bonds. The van der Waals surface area contributed by atoms with Crippen LogP contribution in [0, 0.1) is 0 Å². The number of aromatic hydroxyl groups is 1. The summed E-state index contributed by atoms with van der Waals surface area (Å²) in [4.78, 5) is 4.16. The van der Waals surface area contributed by atoms with Gasteiger partial charge in [-0.05, 0) is 12.1 Å². The molecule has 0 atom stereocenters. The zero-order chi connectivity index (χ0) is 12.3. The molecule has 88 valence electrons. The quantitative estimate of drug-likeness (QED) is 0.647. The standard InChI is InChI=1S/C12H13N3O2/c1-15(2)13-8-10-12(16)17-11(14-10)9-6-4-3-5-7-9/h3-8,16H,1-2H3. The number of hydrogen-bond donors (Lipinski definition) is 1. The molecule has 0 fully saturated rings. The molecule has 1 N–H and O–H groups in total. The summed E-state index contributed by atoms with van der Waals surface area (Å²) in [6, 6.07) is 9.38. The van der Waals surface area contributed by atoms with Crippen molar-refractivity contribution in [3.8, 4) is 17.4 Å². The van der Waals surface area contributed by atoms with Crippen LogP contribution in [-0.2, 0) is 0 Å². The maximum Gasteiger partial charge on any atom is 0.312 e. The summed E-state index contributed by atoms with van der Waals surface area (Å²) >= 11 is 0. The topological polar surface area (TPSA) is 61.9 Å². The Balaban J connectivity index is 2.31. The van der Waals surface area contributed by atoms with Crippen LogP contribution in [0.4, 0.5) is 0 Å². The van der Waals surface area contributed by atoms with Gasteiger partial charge in [0.25, 0.3) is 0 Å². The zero-order valence-corrected chi connectivity index (χ0v) is 9.66. The Hall–Kier alpha value is -2.30. The number of benzene rings is 1. The highest BCUT2D eigenvalue weighted by Gasteiger charge is 2.11. The largest absolute Gasteiger partial charge is 0.479 e. The summed E-state index contributed by atoms with van der Waals surface area (Å²) in [7, 11) is 3.57. The number of hydrazone groups is 1. The van der Waals surface area contributed by atoms with Gasteiger partial charge in [0.1, 0.15) is 0 Å². The second-order valence-electron chi connectivity index (χ2n) is 3.67. The molecular weight excluding hydrogens is 218 g/mol. The summed E-state index contributed by atoms with van der Waals surface area (Å²) in [5.41, 5.74) is 1.13. The van der Waals surface area contributed by atoms with Crippen LogP contribution in [0.3, 0.4) is 0 Å². The van der Waals surface area contributed by atoms with Gasteiger partial charge in [0.05, 0.1) is 6.21 Å². The van der Waals surface area contributed by atoms with Crippen LogP contribution in [0.25, 0.3) is 11.5 Å². The number of rotatable bonds is 3. The fourth-order valence-electron chi connectivity index (χ4n) is 1.28. The molecule has 0 aliphatic carbocycles. The van der Waals surface area contributed by atoms with Gasteiger partial charge in [-0.2, -0.15) is 5.10 Å². The van der Waals surface area contributed by atoms with E-state index in [1.165, 1.54) is 6.21 Å². The van der Waals surface area contributed by atoms with Gasteiger partial charge in [0.15, 0.2) is 5.69 Å². The van der Waals surface area contributed by atoms with Gasteiger partial charge in [0, 0.05) is 19.7 Å². The first-order valence-corrected chi connectivity index (χ1v) is 5.13. The predicted octanol–water partition coefficient (Wildman–Crippen LogP) is 1.94. The van der Waals surface area contributed by atoms with Crippen molar-refractivity contribution >= 4 is 6.21 Å². The highest BCUT2D eigenvalue weighted by atomic mass is 16.5.